The monoisotopic (exact) mass is 746 g/mol. The fraction of sp³-hybridized carbons (Fsp3) is 0.392. The number of hydrogen-bond donors (Lipinski definition) is 0. The molecule has 5 nitrogen and oxygen atoms in total. The van der Waals surface area contributed by atoms with Crippen molar-refractivity contribution < 1.29 is 0 Å². The highest BCUT2D eigenvalue weighted by Gasteiger charge is 2.20. The standard InChI is InChI=1S/C51H63N5/c1-30(2)38-20-15-21-39(31(3)4)48(38)52-36(13)44-26-18-28-46(54-44)51(56-50-42(34(9)10)24-17-25-43(50)35(11)12)47-29-19-27-45(55-47)37(14)53-49-40(32(5)6)22-16-23-41(49)33(7)8/h15-35H,1-14H3. The van der Waals surface area contributed by atoms with E-state index in [2.05, 4.69) is 164 Å². The second kappa shape index (κ2) is 18.3. The lowest BCUT2D eigenvalue weighted by Gasteiger charge is -2.18. The van der Waals surface area contributed by atoms with Crippen LogP contribution in [0.5, 0.6) is 0 Å². The molecule has 5 rings (SSSR count). The van der Waals surface area contributed by atoms with Gasteiger partial charge in [-0.3, -0.25) is 9.98 Å². The van der Waals surface area contributed by atoms with Crippen LogP contribution in [0, 0.1) is 0 Å². The fourth-order valence-electron chi connectivity index (χ4n) is 7.27. The SMILES string of the molecule is CC(=Nc1c(C(C)C)cccc1C(C)C)c1cccc(C(=Nc2c(C(C)C)cccc2C(C)C)c2cccc(C(C)=Nc3c(C(C)C)cccc3C(C)C)n2)n1. The maximum absolute atomic E-state index is 5.57. The van der Waals surface area contributed by atoms with Crippen LogP contribution in [0.15, 0.2) is 106 Å². The fourth-order valence-corrected chi connectivity index (χ4v) is 7.27. The third-order valence-corrected chi connectivity index (χ3v) is 10.5. The molecular formula is C51H63N5. The van der Waals surface area contributed by atoms with Gasteiger partial charge in [-0.2, -0.15) is 0 Å². The van der Waals surface area contributed by atoms with E-state index in [0.717, 1.165) is 57.0 Å². The van der Waals surface area contributed by atoms with Crippen LogP contribution >= 0.6 is 0 Å². The second-order valence-corrected chi connectivity index (χ2v) is 17.0. The van der Waals surface area contributed by atoms with Gasteiger partial charge < -0.3 is 0 Å². The highest BCUT2D eigenvalue weighted by atomic mass is 14.9. The minimum atomic E-state index is 0.281. The van der Waals surface area contributed by atoms with E-state index in [0.29, 0.717) is 23.7 Å². The van der Waals surface area contributed by atoms with E-state index in [-0.39, 0.29) is 11.8 Å². The molecule has 0 radical (unpaired) electrons. The van der Waals surface area contributed by atoms with E-state index in [1.807, 2.05) is 24.3 Å². The predicted molar refractivity (Wildman–Crippen MR) is 241 cm³/mol. The van der Waals surface area contributed by atoms with Crippen molar-refractivity contribution in [3.05, 3.63) is 147 Å². The predicted octanol–water partition coefficient (Wildman–Crippen LogP) is 14.7. The molecule has 0 aliphatic heterocycles. The smallest absolute Gasteiger partial charge is 0.115 e. The summed E-state index contributed by atoms with van der Waals surface area (Å²) in [5.74, 6) is 1.93. The zero-order valence-electron chi connectivity index (χ0n) is 36.4. The summed E-state index contributed by atoms with van der Waals surface area (Å²) in [4.78, 5) is 26.8. The molecule has 5 heteroatoms. The topological polar surface area (TPSA) is 62.9 Å². The number of para-hydroxylation sites is 3. The van der Waals surface area contributed by atoms with Gasteiger partial charge in [0.05, 0.1) is 51.3 Å². The first-order valence-corrected chi connectivity index (χ1v) is 20.6. The normalized spacial score (nSPS) is 12.6. The minimum absolute atomic E-state index is 0.281. The summed E-state index contributed by atoms with van der Waals surface area (Å²) in [5.41, 5.74) is 16.0. The molecule has 2 aromatic heterocycles. The van der Waals surface area contributed by atoms with E-state index in [1.165, 1.54) is 33.4 Å². The van der Waals surface area contributed by atoms with Gasteiger partial charge in [-0.1, -0.05) is 150 Å². The number of nitrogens with zero attached hydrogens (tertiary/aromatic N) is 5. The van der Waals surface area contributed by atoms with Gasteiger partial charge in [-0.25, -0.2) is 15.0 Å². The van der Waals surface area contributed by atoms with Gasteiger partial charge in [0.15, 0.2) is 0 Å². The summed E-state index contributed by atoms with van der Waals surface area (Å²) < 4.78 is 0. The van der Waals surface area contributed by atoms with Gasteiger partial charge in [0, 0.05) is 0 Å². The molecule has 0 unspecified atom stereocenters. The van der Waals surface area contributed by atoms with Crippen molar-refractivity contribution in [1.82, 2.24) is 9.97 Å². The van der Waals surface area contributed by atoms with Gasteiger partial charge in [0.1, 0.15) is 5.71 Å². The number of rotatable bonds is 13. The Kier molecular flexibility index (Phi) is 13.7. The highest BCUT2D eigenvalue weighted by molar-refractivity contribution is 6.13. The first-order chi connectivity index (χ1) is 26.6. The van der Waals surface area contributed by atoms with E-state index >= 15 is 0 Å². The molecule has 292 valence electrons. The maximum atomic E-state index is 5.57. The zero-order chi connectivity index (χ0) is 40.8. The first-order valence-electron chi connectivity index (χ1n) is 20.6. The largest absolute Gasteiger partial charge is 0.251 e. The van der Waals surface area contributed by atoms with E-state index in [4.69, 9.17) is 24.9 Å². The minimum Gasteiger partial charge on any atom is -0.251 e. The van der Waals surface area contributed by atoms with Gasteiger partial charge in [-0.05, 0) is 107 Å². The molecule has 2 heterocycles. The Labute approximate surface area is 337 Å². The molecule has 3 aromatic carbocycles. The van der Waals surface area contributed by atoms with Gasteiger partial charge >= 0.3 is 0 Å². The number of pyridine rings is 2. The Hall–Kier alpha value is -5.03. The Bertz CT molecular complexity index is 2040. The third kappa shape index (κ3) is 9.49. The van der Waals surface area contributed by atoms with Gasteiger partial charge in [0.25, 0.3) is 0 Å². The third-order valence-electron chi connectivity index (χ3n) is 10.5. The van der Waals surface area contributed by atoms with Crippen molar-refractivity contribution in [3.63, 3.8) is 0 Å². The average Bonchev–Trinajstić information content (AvgIpc) is 3.16. The lowest BCUT2D eigenvalue weighted by Crippen LogP contribution is -2.13. The summed E-state index contributed by atoms with van der Waals surface area (Å²) in [6, 6.07) is 32.0. The highest BCUT2D eigenvalue weighted by Crippen LogP contribution is 2.38. The molecule has 0 saturated heterocycles. The summed E-state index contributed by atoms with van der Waals surface area (Å²) >= 11 is 0. The molecule has 56 heavy (non-hydrogen) atoms. The van der Waals surface area contributed by atoms with Crippen LogP contribution in [0.2, 0.25) is 0 Å². The van der Waals surface area contributed by atoms with E-state index in [9.17, 15) is 0 Å². The Morgan fingerprint density at radius 1 is 0.339 bits per heavy atom. The molecule has 0 aliphatic rings. The summed E-state index contributed by atoms with van der Waals surface area (Å²) in [7, 11) is 0. The van der Waals surface area contributed by atoms with Crippen molar-refractivity contribution in [2.75, 3.05) is 0 Å². The van der Waals surface area contributed by atoms with Crippen LogP contribution in [-0.4, -0.2) is 27.1 Å². The van der Waals surface area contributed by atoms with Crippen molar-refractivity contribution in [1.29, 1.82) is 0 Å². The lowest BCUT2D eigenvalue weighted by molar-refractivity contribution is 0.834. The van der Waals surface area contributed by atoms with Crippen LogP contribution in [0.4, 0.5) is 17.1 Å². The Morgan fingerprint density at radius 3 is 0.839 bits per heavy atom. The van der Waals surface area contributed by atoms with Crippen LogP contribution in [-0.2, 0) is 0 Å². The first kappa shape index (κ1) is 42.1. The van der Waals surface area contributed by atoms with Gasteiger partial charge in [-0.15, -0.1) is 0 Å². The molecule has 0 atom stereocenters. The van der Waals surface area contributed by atoms with Crippen LogP contribution in [0.1, 0.15) is 189 Å². The summed E-state index contributed by atoms with van der Waals surface area (Å²) in [6.07, 6.45) is 0. The molecule has 5 aromatic rings. The summed E-state index contributed by atoms with van der Waals surface area (Å²) in [5, 5.41) is 0. The molecule has 0 fully saturated rings. The number of aromatic nitrogens is 2. The maximum Gasteiger partial charge on any atom is 0.115 e. The molecule has 0 bridgehead atoms. The molecular weight excluding hydrogens is 683 g/mol. The number of aliphatic imine (C=N–C) groups is 3. The Morgan fingerprint density at radius 2 is 0.571 bits per heavy atom. The van der Waals surface area contributed by atoms with Crippen LogP contribution in [0.3, 0.4) is 0 Å². The second-order valence-electron chi connectivity index (χ2n) is 17.0. The van der Waals surface area contributed by atoms with Gasteiger partial charge in [0.2, 0.25) is 0 Å². The number of benzene rings is 3. The molecule has 0 N–H and O–H groups in total. The van der Waals surface area contributed by atoms with Crippen molar-refractivity contribution in [2.45, 2.75) is 132 Å². The number of hydrogen-bond acceptors (Lipinski definition) is 5. The van der Waals surface area contributed by atoms with E-state index < -0.39 is 0 Å². The molecule has 0 amide bonds. The molecule has 0 saturated carbocycles. The van der Waals surface area contributed by atoms with E-state index in [1.54, 1.807) is 0 Å². The van der Waals surface area contributed by atoms with Crippen molar-refractivity contribution in [3.8, 4) is 0 Å². The average molecular weight is 746 g/mol. The molecule has 0 aliphatic carbocycles. The van der Waals surface area contributed by atoms with Crippen LogP contribution in [0.25, 0.3) is 0 Å². The van der Waals surface area contributed by atoms with Crippen molar-refractivity contribution in [2.24, 2.45) is 15.0 Å². The summed E-state index contributed by atoms with van der Waals surface area (Å²) in [6.45, 7) is 30.9. The lowest BCUT2D eigenvalue weighted by atomic mass is 9.92. The zero-order valence-corrected chi connectivity index (χ0v) is 36.4. The van der Waals surface area contributed by atoms with Crippen molar-refractivity contribution >= 4 is 34.2 Å². The molecule has 0 spiro atoms. The quantitative estimate of drug-likeness (QED) is 0.113. The Balaban J connectivity index is 1.74. The van der Waals surface area contributed by atoms with Crippen LogP contribution < -0.4 is 0 Å².